The first-order chi connectivity index (χ1) is 8.44. The molecule has 1 aliphatic carbocycles. The van der Waals surface area contributed by atoms with Crippen LogP contribution >= 0.6 is 0 Å². The molecule has 18 heavy (non-hydrogen) atoms. The molecule has 0 unspecified atom stereocenters. The van der Waals surface area contributed by atoms with Gasteiger partial charge in [-0.05, 0) is 39.5 Å². The molecule has 0 bridgehead atoms. The Labute approximate surface area is 108 Å². The van der Waals surface area contributed by atoms with E-state index in [1.54, 1.807) is 6.20 Å². The summed E-state index contributed by atoms with van der Waals surface area (Å²) in [7, 11) is 0. The summed E-state index contributed by atoms with van der Waals surface area (Å²) in [6.07, 6.45) is 5.83. The first-order valence-electron chi connectivity index (χ1n) is 6.40. The molecule has 1 saturated carbocycles. The molecule has 1 aromatic heterocycles. The normalized spacial score (nSPS) is 15.5. The van der Waals surface area contributed by atoms with Crippen LogP contribution in [0.2, 0.25) is 0 Å². The maximum Gasteiger partial charge on any atom is 0.407 e. The van der Waals surface area contributed by atoms with Gasteiger partial charge in [0.25, 0.3) is 0 Å². The summed E-state index contributed by atoms with van der Waals surface area (Å²) in [4.78, 5) is 15.7. The molecule has 0 aromatic carbocycles. The molecule has 1 fully saturated rings. The summed E-state index contributed by atoms with van der Waals surface area (Å²) in [6, 6.07) is 0. The molecule has 100 valence electrons. The zero-order valence-corrected chi connectivity index (χ0v) is 11.3. The molecule has 1 N–H and O–H groups in total. The molecule has 2 rings (SSSR count). The Morgan fingerprint density at radius 1 is 1.56 bits per heavy atom. The van der Waals surface area contributed by atoms with Crippen molar-refractivity contribution in [3.63, 3.8) is 0 Å². The minimum absolute atomic E-state index is 0.387. The summed E-state index contributed by atoms with van der Waals surface area (Å²) in [5, 5.41) is 2.75. The fourth-order valence-corrected chi connectivity index (χ4v) is 1.72. The van der Waals surface area contributed by atoms with Crippen LogP contribution in [0, 0.1) is 5.92 Å². The van der Waals surface area contributed by atoms with Crippen molar-refractivity contribution in [2.24, 2.45) is 5.92 Å². The molecule has 0 radical (unpaired) electrons. The SMILES string of the molecule is CC(C)(C)OC(=O)NCc1cncn1CC1CC1. The van der Waals surface area contributed by atoms with Crippen LogP contribution in [-0.4, -0.2) is 21.2 Å². The molecule has 1 amide bonds. The fraction of sp³-hybridized carbons (Fsp3) is 0.692. The van der Waals surface area contributed by atoms with Crippen LogP contribution in [0.1, 0.15) is 39.3 Å². The minimum Gasteiger partial charge on any atom is -0.444 e. The summed E-state index contributed by atoms with van der Waals surface area (Å²) in [5.74, 6) is 0.791. The van der Waals surface area contributed by atoms with E-state index in [2.05, 4.69) is 14.9 Å². The van der Waals surface area contributed by atoms with Crippen molar-refractivity contribution in [3.05, 3.63) is 18.2 Å². The highest BCUT2D eigenvalue weighted by Gasteiger charge is 2.22. The number of nitrogens with one attached hydrogen (secondary N) is 1. The largest absolute Gasteiger partial charge is 0.444 e. The van der Waals surface area contributed by atoms with E-state index in [1.165, 1.54) is 12.8 Å². The molecule has 0 spiro atoms. The van der Waals surface area contributed by atoms with E-state index in [0.29, 0.717) is 6.54 Å². The predicted octanol–water partition coefficient (Wildman–Crippen LogP) is 2.32. The molecule has 5 nitrogen and oxygen atoms in total. The number of imidazole rings is 1. The molecule has 0 saturated heterocycles. The second-order valence-electron chi connectivity index (χ2n) is 5.84. The minimum atomic E-state index is -0.460. The second-order valence-corrected chi connectivity index (χ2v) is 5.84. The van der Waals surface area contributed by atoms with Crippen LogP contribution in [0.4, 0.5) is 4.79 Å². The van der Waals surface area contributed by atoms with Crippen LogP contribution in [0.15, 0.2) is 12.5 Å². The maximum absolute atomic E-state index is 11.5. The Hall–Kier alpha value is -1.52. The Morgan fingerprint density at radius 3 is 2.89 bits per heavy atom. The number of rotatable bonds is 4. The highest BCUT2D eigenvalue weighted by atomic mass is 16.6. The maximum atomic E-state index is 11.5. The monoisotopic (exact) mass is 251 g/mol. The summed E-state index contributed by atoms with van der Waals surface area (Å²) in [6.45, 7) is 7.02. The van der Waals surface area contributed by atoms with Gasteiger partial charge < -0.3 is 14.6 Å². The van der Waals surface area contributed by atoms with Crippen molar-refractivity contribution >= 4 is 6.09 Å². The van der Waals surface area contributed by atoms with Crippen molar-refractivity contribution in [1.29, 1.82) is 0 Å². The van der Waals surface area contributed by atoms with Gasteiger partial charge >= 0.3 is 6.09 Å². The second kappa shape index (κ2) is 5.00. The molecule has 0 aliphatic heterocycles. The Morgan fingerprint density at radius 2 is 2.28 bits per heavy atom. The lowest BCUT2D eigenvalue weighted by Crippen LogP contribution is -2.32. The number of hydrogen-bond acceptors (Lipinski definition) is 3. The number of carbonyl (C=O) groups is 1. The van der Waals surface area contributed by atoms with Gasteiger partial charge in [-0.25, -0.2) is 9.78 Å². The highest BCUT2D eigenvalue weighted by Crippen LogP contribution is 2.30. The van der Waals surface area contributed by atoms with Crippen LogP contribution in [-0.2, 0) is 17.8 Å². The average Bonchev–Trinajstić information content (AvgIpc) is 2.92. The molecular formula is C13H21N3O2. The summed E-state index contributed by atoms with van der Waals surface area (Å²) < 4.78 is 7.30. The standard InChI is InChI=1S/C13H21N3O2/c1-13(2,3)18-12(17)15-7-11-6-14-9-16(11)8-10-4-5-10/h6,9-10H,4-5,7-8H2,1-3H3,(H,15,17). The van der Waals surface area contributed by atoms with Crippen LogP contribution in [0.3, 0.4) is 0 Å². The number of aromatic nitrogens is 2. The van der Waals surface area contributed by atoms with Gasteiger partial charge in [0, 0.05) is 12.7 Å². The van der Waals surface area contributed by atoms with E-state index in [4.69, 9.17) is 4.74 Å². The lowest BCUT2D eigenvalue weighted by atomic mass is 10.2. The number of amides is 1. The fourth-order valence-electron chi connectivity index (χ4n) is 1.72. The third-order valence-corrected chi connectivity index (χ3v) is 2.76. The van der Waals surface area contributed by atoms with E-state index in [1.807, 2.05) is 27.1 Å². The van der Waals surface area contributed by atoms with Gasteiger partial charge in [-0.2, -0.15) is 0 Å². The molecule has 0 atom stereocenters. The first-order valence-corrected chi connectivity index (χ1v) is 6.40. The van der Waals surface area contributed by atoms with E-state index >= 15 is 0 Å². The van der Waals surface area contributed by atoms with Gasteiger partial charge in [-0.3, -0.25) is 0 Å². The van der Waals surface area contributed by atoms with Gasteiger partial charge in [0.1, 0.15) is 5.60 Å². The number of ether oxygens (including phenoxy) is 1. The summed E-state index contributed by atoms with van der Waals surface area (Å²) in [5.41, 5.74) is 0.561. The molecular weight excluding hydrogens is 230 g/mol. The van der Waals surface area contributed by atoms with Gasteiger partial charge in [-0.1, -0.05) is 0 Å². The van der Waals surface area contributed by atoms with Gasteiger partial charge in [0.2, 0.25) is 0 Å². The van der Waals surface area contributed by atoms with Crippen molar-refractivity contribution < 1.29 is 9.53 Å². The lowest BCUT2D eigenvalue weighted by Gasteiger charge is -2.19. The molecule has 1 aliphatic rings. The van der Waals surface area contributed by atoms with Crippen LogP contribution < -0.4 is 5.32 Å². The van der Waals surface area contributed by atoms with Crippen LogP contribution in [0.5, 0.6) is 0 Å². The molecule has 1 aromatic rings. The predicted molar refractivity (Wildman–Crippen MR) is 68.0 cm³/mol. The van der Waals surface area contributed by atoms with Crippen molar-refractivity contribution in [1.82, 2.24) is 14.9 Å². The van der Waals surface area contributed by atoms with Gasteiger partial charge in [0.05, 0.1) is 18.6 Å². The number of carbonyl (C=O) groups excluding carboxylic acids is 1. The molecule has 5 heteroatoms. The third kappa shape index (κ3) is 4.05. The lowest BCUT2D eigenvalue weighted by molar-refractivity contribution is 0.0522. The Bertz CT molecular complexity index is 416. The van der Waals surface area contributed by atoms with Crippen molar-refractivity contribution in [3.8, 4) is 0 Å². The van der Waals surface area contributed by atoms with E-state index < -0.39 is 5.60 Å². The zero-order chi connectivity index (χ0) is 13.2. The van der Waals surface area contributed by atoms with E-state index in [0.717, 1.165) is 18.2 Å². The number of alkyl carbamates (subject to hydrolysis) is 1. The van der Waals surface area contributed by atoms with E-state index in [-0.39, 0.29) is 6.09 Å². The molecule has 1 heterocycles. The Kier molecular flexibility index (Phi) is 3.59. The number of hydrogen-bond donors (Lipinski definition) is 1. The Balaban J connectivity index is 1.82. The summed E-state index contributed by atoms with van der Waals surface area (Å²) >= 11 is 0. The van der Waals surface area contributed by atoms with Crippen molar-refractivity contribution in [2.75, 3.05) is 0 Å². The third-order valence-electron chi connectivity index (χ3n) is 2.76. The first kappa shape index (κ1) is 12.9. The van der Waals surface area contributed by atoms with Gasteiger partial charge in [-0.15, -0.1) is 0 Å². The van der Waals surface area contributed by atoms with Gasteiger partial charge in [0.15, 0.2) is 0 Å². The quantitative estimate of drug-likeness (QED) is 0.893. The zero-order valence-electron chi connectivity index (χ0n) is 11.3. The average molecular weight is 251 g/mol. The van der Waals surface area contributed by atoms with E-state index in [9.17, 15) is 4.79 Å². The topological polar surface area (TPSA) is 56.1 Å². The number of nitrogens with zero attached hydrogens (tertiary/aromatic N) is 2. The smallest absolute Gasteiger partial charge is 0.407 e. The highest BCUT2D eigenvalue weighted by molar-refractivity contribution is 5.67. The van der Waals surface area contributed by atoms with Crippen LogP contribution in [0.25, 0.3) is 0 Å². The van der Waals surface area contributed by atoms with Crippen molar-refractivity contribution in [2.45, 2.75) is 52.3 Å².